The summed E-state index contributed by atoms with van der Waals surface area (Å²) in [5, 5.41) is 0. The van der Waals surface area contributed by atoms with Crippen LogP contribution in [0.1, 0.15) is 12.6 Å². The lowest BCUT2D eigenvalue weighted by Crippen LogP contribution is -2.14. The molecule has 0 saturated carbocycles. The van der Waals surface area contributed by atoms with E-state index >= 15 is 0 Å². The Bertz CT molecular complexity index is 339. The van der Waals surface area contributed by atoms with Crippen LogP contribution in [-0.4, -0.2) is 22.3 Å². The average Bonchev–Trinajstić information content (AvgIpc) is 2.32. The van der Waals surface area contributed by atoms with E-state index in [-0.39, 0.29) is 0 Å². The first kappa shape index (κ1) is 8.99. The third kappa shape index (κ3) is 1.55. The van der Waals surface area contributed by atoms with Crippen molar-refractivity contribution in [1.29, 1.82) is 0 Å². The fourth-order valence-electron chi connectivity index (χ4n) is 0.870. The number of hydrogen-bond donors (Lipinski definition) is 1. The second-order valence-corrected chi connectivity index (χ2v) is 2.66. The Balaban J connectivity index is 3.01. The molecule has 0 aliphatic carbocycles. The molecule has 1 aromatic rings. The minimum atomic E-state index is -0.429. The summed E-state index contributed by atoms with van der Waals surface area (Å²) in [5.74, 6) is 0. The van der Waals surface area contributed by atoms with Gasteiger partial charge in [-0.15, -0.1) is 0 Å². The number of aromatic nitrogens is 2. The molecular formula is C7H10N2O2S. The summed E-state index contributed by atoms with van der Waals surface area (Å²) in [6, 6.07) is 0. The van der Waals surface area contributed by atoms with Crippen molar-refractivity contribution < 1.29 is 9.53 Å². The first-order valence-corrected chi connectivity index (χ1v) is 4.01. The molecule has 4 nitrogen and oxygen atoms in total. The van der Waals surface area contributed by atoms with Gasteiger partial charge in [-0.25, -0.2) is 9.36 Å². The number of nitrogens with zero attached hydrogens (tertiary/aromatic N) is 1. The summed E-state index contributed by atoms with van der Waals surface area (Å²) in [6.07, 6.45) is 1.24. The number of ether oxygens (including phenoxy) is 1. The van der Waals surface area contributed by atoms with E-state index in [2.05, 4.69) is 4.98 Å². The zero-order chi connectivity index (χ0) is 9.14. The number of aromatic amines is 1. The van der Waals surface area contributed by atoms with Gasteiger partial charge < -0.3 is 9.72 Å². The van der Waals surface area contributed by atoms with E-state index in [1.807, 2.05) is 0 Å². The van der Waals surface area contributed by atoms with Crippen LogP contribution in [0.4, 0.5) is 4.79 Å². The first-order chi connectivity index (χ1) is 5.66. The number of carbonyl (C=O) groups is 1. The maximum absolute atomic E-state index is 11.2. The van der Waals surface area contributed by atoms with Gasteiger partial charge in [-0.05, 0) is 26.1 Å². The summed E-state index contributed by atoms with van der Waals surface area (Å²) < 4.78 is 6.47. The SMILES string of the molecule is CCOC(=O)n1c(C)c[nH]c1=S. The van der Waals surface area contributed by atoms with Gasteiger partial charge in [0.1, 0.15) is 0 Å². The molecule has 66 valence electrons. The van der Waals surface area contributed by atoms with E-state index in [1.54, 1.807) is 20.0 Å². The summed E-state index contributed by atoms with van der Waals surface area (Å²) >= 11 is 4.87. The number of aryl methyl sites for hydroxylation is 1. The number of hydrogen-bond acceptors (Lipinski definition) is 3. The van der Waals surface area contributed by atoms with Gasteiger partial charge in [0.15, 0.2) is 4.77 Å². The summed E-state index contributed by atoms with van der Waals surface area (Å²) in [6.45, 7) is 3.89. The van der Waals surface area contributed by atoms with Gasteiger partial charge in [0.05, 0.1) is 6.61 Å². The van der Waals surface area contributed by atoms with Gasteiger partial charge in [-0.2, -0.15) is 0 Å². The molecule has 1 rings (SSSR count). The Morgan fingerprint density at radius 2 is 2.50 bits per heavy atom. The molecule has 0 fully saturated rings. The number of carbonyl (C=O) groups excluding carboxylic acids is 1. The third-order valence-electron chi connectivity index (χ3n) is 1.41. The summed E-state index contributed by atoms with van der Waals surface area (Å²) in [4.78, 5) is 14.0. The van der Waals surface area contributed by atoms with Crippen LogP contribution in [0.15, 0.2) is 6.20 Å². The van der Waals surface area contributed by atoms with Crippen molar-refractivity contribution in [2.45, 2.75) is 13.8 Å². The topological polar surface area (TPSA) is 47.0 Å². The van der Waals surface area contributed by atoms with Crippen LogP contribution in [0.5, 0.6) is 0 Å². The molecule has 1 heterocycles. The normalized spacial score (nSPS) is 9.83. The highest BCUT2D eigenvalue weighted by molar-refractivity contribution is 7.71. The van der Waals surface area contributed by atoms with E-state index in [9.17, 15) is 4.79 Å². The maximum Gasteiger partial charge on any atom is 0.420 e. The number of H-pyrrole nitrogens is 1. The second-order valence-electron chi connectivity index (χ2n) is 2.27. The predicted molar refractivity (Wildman–Crippen MR) is 46.8 cm³/mol. The molecule has 12 heavy (non-hydrogen) atoms. The van der Waals surface area contributed by atoms with E-state index in [1.165, 1.54) is 4.57 Å². The number of imidazole rings is 1. The van der Waals surface area contributed by atoms with Gasteiger partial charge in [-0.1, -0.05) is 0 Å². The van der Waals surface area contributed by atoms with Crippen molar-refractivity contribution in [3.8, 4) is 0 Å². The van der Waals surface area contributed by atoms with Crippen molar-refractivity contribution in [3.63, 3.8) is 0 Å². The Hall–Kier alpha value is -1.10. The maximum atomic E-state index is 11.2. The Labute approximate surface area is 75.2 Å². The standard InChI is InChI=1S/C7H10N2O2S/c1-3-11-7(10)9-5(2)4-8-6(9)12/h4H,3H2,1-2H3,(H,8,12). The summed E-state index contributed by atoms with van der Waals surface area (Å²) in [5.41, 5.74) is 0.749. The van der Waals surface area contributed by atoms with Gasteiger partial charge in [-0.3, -0.25) is 0 Å². The van der Waals surface area contributed by atoms with Crippen molar-refractivity contribution >= 4 is 18.3 Å². The van der Waals surface area contributed by atoms with Crippen LogP contribution < -0.4 is 0 Å². The van der Waals surface area contributed by atoms with E-state index in [0.29, 0.717) is 11.4 Å². The largest absolute Gasteiger partial charge is 0.449 e. The molecule has 0 aliphatic heterocycles. The molecule has 1 aromatic heterocycles. The quantitative estimate of drug-likeness (QED) is 0.681. The first-order valence-electron chi connectivity index (χ1n) is 3.61. The molecular weight excluding hydrogens is 176 g/mol. The number of rotatable bonds is 1. The van der Waals surface area contributed by atoms with Crippen LogP contribution >= 0.6 is 12.2 Å². The molecule has 0 saturated heterocycles. The van der Waals surface area contributed by atoms with Crippen LogP contribution in [0, 0.1) is 11.7 Å². The van der Waals surface area contributed by atoms with Gasteiger partial charge in [0.25, 0.3) is 0 Å². The number of nitrogens with one attached hydrogen (secondary N) is 1. The Kier molecular flexibility index (Phi) is 2.65. The Morgan fingerprint density at radius 3 is 2.92 bits per heavy atom. The lowest BCUT2D eigenvalue weighted by molar-refractivity contribution is 0.153. The van der Waals surface area contributed by atoms with E-state index in [4.69, 9.17) is 17.0 Å². The molecule has 0 atom stereocenters. The van der Waals surface area contributed by atoms with Crippen molar-refractivity contribution in [2.75, 3.05) is 6.61 Å². The molecule has 0 aromatic carbocycles. The fourth-order valence-corrected chi connectivity index (χ4v) is 1.15. The van der Waals surface area contributed by atoms with E-state index in [0.717, 1.165) is 5.69 Å². The Morgan fingerprint density at radius 1 is 1.83 bits per heavy atom. The minimum absolute atomic E-state index is 0.352. The van der Waals surface area contributed by atoms with Crippen molar-refractivity contribution in [2.24, 2.45) is 0 Å². The molecule has 0 radical (unpaired) electrons. The highest BCUT2D eigenvalue weighted by Crippen LogP contribution is 2.00. The predicted octanol–water partition coefficient (Wildman–Crippen LogP) is 1.86. The molecule has 0 aliphatic rings. The van der Waals surface area contributed by atoms with Crippen molar-refractivity contribution in [1.82, 2.24) is 9.55 Å². The smallest absolute Gasteiger partial charge is 0.420 e. The monoisotopic (exact) mass is 186 g/mol. The zero-order valence-electron chi connectivity index (χ0n) is 6.96. The zero-order valence-corrected chi connectivity index (χ0v) is 7.77. The molecule has 0 amide bonds. The lowest BCUT2D eigenvalue weighted by atomic mass is 10.5. The van der Waals surface area contributed by atoms with Crippen LogP contribution in [0.2, 0.25) is 0 Å². The van der Waals surface area contributed by atoms with Crippen molar-refractivity contribution in [3.05, 3.63) is 16.7 Å². The lowest BCUT2D eigenvalue weighted by Gasteiger charge is -2.02. The second kappa shape index (κ2) is 3.53. The van der Waals surface area contributed by atoms with Gasteiger partial charge in [0, 0.05) is 11.9 Å². The van der Waals surface area contributed by atoms with E-state index < -0.39 is 6.09 Å². The molecule has 1 N–H and O–H groups in total. The third-order valence-corrected chi connectivity index (χ3v) is 1.71. The van der Waals surface area contributed by atoms with Gasteiger partial charge in [0.2, 0.25) is 0 Å². The van der Waals surface area contributed by atoms with Crippen LogP contribution in [0.3, 0.4) is 0 Å². The molecule has 5 heteroatoms. The van der Waals surface area contributed by atoms with Gasteiger partial charge >= 0.3 is 6.09 Å². The minimum Gasteiger partial charge on any atom is -0.449 e. The molecule has 0 unspecified atom stereocenters. The van der Waals surface area contributed by atoms with Crippen LogP contribution in [0.25, 0.3) is 0 Å². The highest BCUT2D eigenvalue weighted by Gasteiger charge is 2.08. The highest BCUT2D eigenvalue weighted by atomic mass is 32.1. The average molecular weight is 186 g/mol. The summed E-state index contributed by atoms with van der Waals surface area (Å²) in [7, 11) is 0. The fraction of sp³-hybridized carbons (Fsp3) is 0.429. The van der Waals surface area contributed by atoms with Crippen LogP contribution in [-0.2, 0) is 4.74 Å². The molecule has 0 bridgehead atoms. The molecule has 0 spiro atoms.